The summed E-state index contributed by atoms with van der Waals surface area (Å²) < 4.78 is 2.14. The lowest BCUT2D eigenvalue weighted by Crippen LogP contribution is -2.36. The second kappa shape index (κ2) is 10.0. The van der Waals surface area contributed by atoms with E-state index in [0.717, 1.165) is 44.8 Å². The fourth-order valence-corrected chi connectivity index (χ4v) is 8.35. The third-order valence-corrected chi connectivity index (χ3v) is 10.2. The molecule has 10 rings (SSSR count). The second-order valence-electron chi connectivity index (χ2n) is 12.5. The Bertz CT molecular complexity index is 2610. The third kappa shape index (κ3) is 3.54. The lowest BCUT2D eigenvalue weighted by Gasteiger charge is -2.44. The fourth-order valence-electron chi connectivity index (χ4n) is 8.35. The van der Waals surface area contributed by atoms with Gasteiger partial charge in [-0.05, 0) is 92.7 Å². The molecule has 0 radical (unpaired) electrons. The Labute approximate surface area is 283 Å². The van der Waals surface area contributed by atoms with Gasteiger partial charge in [-0.15, -0.1) is 0 Å². The van der Waals surface area contributed by atoms with Gasteiger partial charge in [-0.25, -0.2) is 14.7 Å². The van der Waals surface area contributed by atoms with Crippen molar-refractivity contribution in [2.75, 3.05) is 4.90 Å². The van der Waals surface area contributed by atoms with Crippen molar-refractivity contribution in [2.24, 2.45) is 0 Å². The number of anilines is 3. The highest BCUT2D eigenvalue weighted by atomic mass is 15.2. The predicted molar refractivity (Wildman–Crippen MR) is 197 cm³/mol. The van der Waals surface area contributed by atoms with Gasteiger partial charge in [0.2, 0.25) is 0 Å². The van der Waals surface area contributed by atoms with Crippen LogP contribution in [0.5, 0.6) is 0 Å². The van der Waals surface area contributed by atoms with E-state index in [2.05, 4.69) is 128 Å². The first kappa shape index (κ1) is 27.2. The van der Waals surface area contributed by atoms with Crippen molar-refractivity contribution in [3.05, 3.63) is 197 Å². The van der Waals surface area contributed by atoms with Crippen LogP contribution >= 0.6 is 0 Å². The van der Waals surface area contributed by atoms with Gasteiger partial charge in [-0.2, -0.15) is 0 Å². The van der Waals surface area contributed by atoms with Crippen molar-refractivity contribution in [1.82, 2.24) is 9.55 Å². The summed E-state index contributed by atoms with van der Waals surface area (Å²) >= 11 is 0. The SMILES string of the molecule is [C-]#[N+]c1ccc2c(c1)c1cc([N+]#[C-])ccc1n2-c1cccc(N2c3ccccc3C3(c4ccccc4-c4ccccc43)c3ccccc32)n1. The fraction of sp³-hybridized carbons (Fsp3) is 0.0227. The highest BCUT2D eigenvalue weighted by Crippen LogP contribution is 2.63. The molecular formula is C44H25N5. The summed E-state index contributed by atoms with van der Waals surface area (Å²) in [6.45, 7) is 15.3. The van der Waals surface area contributed by atoms with Crippen molar-refractivity contribution in [3.8, 4) is 16.9 Å². The molecule has 3 heterocycles. The number of fused-ring (bicyclic) bond motifs is 12. The van der Waals surface area contributed by atoms with Gasteiger partial charge in [0.15, 0.2) is 11.4 Å². The largest absolute Gasteiger partial charge is 0.294 e. The topological polar surface area (TPSA) is 29.8 Å². The van der Waals surface area contributed by atoms with Crippen LogP contribution in [0.1, 0.15) is 22.3 Å². The average Bonchev–Trinajstić information content (AvgIpc) is 3.65. The summed E-state index contributed by atoms with van der Waals surface area (Å²) in [6, 6.07) is 52.8. The zero-order chi connectivity index (χ0) is 32.7. The Morgan fingerprint density at radius 3 is 1.47 bits per heavy atom. The van der Waals surface area contributed by atoms with E-state index in [1.165, 1.54) is 33.4 Å². The van der Waals surface area contributed by atoms with Gasteiger partial charge in [-0.1, -0.05) is 103 Å². The van der Waals surface area contributed by atoms with Gasteiger partial charge in [0, 0.05) is 0 Å². The number of aromatic nitrogens is 2. The first-order valence-corrected chi connectivity index (χ1v) is 16.2. The first-order valence-electron chi connectivity index (χ1n) is 16.2. The summed E-state index contributed by atoms with van der Waals surface area (Å²) in [5, 5.41) is 1.85. The molecule has 2 aliphatic rings. The first-order chi connectivity index (χ1) is 24.2. The molecule has 1 aliphatic carbocycles. The molecule has 0 amide bonds. The number of hydrogen-bond acceptors (Lipinski definition) is 2. The molecule has 0 atom stereocenters. The minimum atomic E-state index is -0.484. The summed E-state index contributed by atoms with van der Waals surface area (Å²) in [6.07, 6.45) is 0. The molecule has 5 nitrogen and oxygen atoms in total. The van der Waals surface area contributed by atoms with Crippen LogP contribution in [0.4, 0.5) is 28.6 Å². The van der Waals surface area contributed by atoms with Gasteiger partial charge in [0.1, 0.15) is 11.6 Å². The van der Waals surface area contributed by atoms with E-state index in [9.17, 15) is 0 Å². The number of nitrogens with zero attached hydrogens (tertiary/aromatic N) is 5. The second-order valence-corrected chi connectivity index (χ2v) is 12.5. The highest BCUT2D eigenvalue weighted by molar-refractivity contribution is 6.11. The summed E-state index contributed by atoms with van der Waals surface area (Å²) in [5.41, 5.74) is 12.2. The molecule has 5 heteroatoms. The van der Waals surface area contributed by atoms with Crippen molar-refractivity contribution in [1.29, 1.82) is 0 Å². The van der Waals surface area contributed by atoms with Gasteiger partial charge in [0.05, 0.1) is 41.0 Å². The minimum Gasteiger partial charge on any atom is -0.294 e. The molecule has 0 saturated heterocycles. The number of para-hydroxylation sites is 2. The summed E-state index contributed by atoms with van der Waals surface area (Å²) in [7, 11) is 0. The summed E-state index contributed by atoms with van der Waals surface area (Å²) in [4.78, 5) is 15.1. The Morgan fingerprint density at radius 2 is 0.939 bits per heavy atom. The molecular weight excluding hydrogens is 599 g/mol. The van der Waals surface area contributed by atoms with Crippen molar-refractivity contribution < 1.29 is 0 Å². The molecule has 1 aliphatic heterocycles. The van der Waals surface area contributed by atoms with E-state index < -0.39 is 5.41 Å². The molecule has 2 aromatic heterocycles. The smallest absolute Gasteiger partial charge is 0.188 e. The van der Waals surface area contributed by atoms with Crippen LogP contribution in [0.3, 0.4) is 0 Å². The van der Waals surface area contributed by atoms with E-state index in [0.29, 0.717) is 11.4 Å². The van der Waals surface area contributed by atoms with Crippen LogP contribution < -0.4 is 4.90 Å². The zero-order valence-corrected chi connectivity index (χ0v) is 26.2. The van der Waals surface area contributed by atoms with Crippen LogP contribution in [-0.4, -0.2) is 9.55 Å². The standard InChI is InChI=1S/C44H25N5/c1-45-28-22-24-38-32(26-28)33-27-29(46-2)23-25-39(33)48(38)42-20-11-21-43(47-42)49-40-18-9-7-16-36(40)44(37-17-8-10-19-41(37)49)34-14-5-3-12-30(34)31-13-4-6-15-35(31)44/h3-27H. The highest BCUT2D eigenvalue weighted by Gasteiger charge is 2.51. The van der Waals surface area contributed by atoms with Crippen LogP contribution in [0.2, 0.25) is 0 Å². The van der Waals surface area contributed by atoms with Crippen LogP contribution in [0.15, 0.2) is 152 Å². The number of hydrogen-bond donors (Lipinski definition) is 0. The van der Waals surface area contributed by atoms with Crippen LogP contribution in [-0.2, 0) is 5.41 Å². The van der Waals surface area contributed by atoms with E-state index in [-0.39, 0.29) is 0 Å². The van der Waals surface area contributed by atoms with Gasteiger partial charge >= 0.3 is 0 Å². The lowest BCUT2D eigenvalue weighted by molar-refractivity contribution is 0.751. The Hall–Kier alpha value is -6.95. The third-order valence-electron chi connectivity index (χ3n) is 10.2. The maximum atomic E-state index is 7.63. The maximum Gasteiger partial charge on any atom is 0.188 e. The number of benzene rings is 6. The van der Waals surface area contributed by atoms with E-state index in [1.807, 2.05) is 42.5 Å². The van der Waals surface area contributed by atoms with Crippen LogP contribution in [0, 0.1) is 13.1 Å². The molecule has 226 valence electrons. The minimum absolute atomic E-state index is 0.484. The monoisotopic (exact) mass is 623 g/mol. The van der Waals surface area contributed by atoms with Crippen molar-refractivity contribution in [3.63, 3.8) is 0 Å². The Kier molecular flexibility index (Phi) is 5.56. The molecule has 8 aromatic rings. The van der Waals surface area contributed by atoms with Crippen molar-refractivity contribution in [2.45, 2.75) is 5.41 Å². The van der Waals surface area contributed by atoms with Crippen molar-refractivity contribution >= 4 is 50.4 Å². The molecule has 0 bridgehead atoms. The molecule has 49 heavy (non-hydrogen) atoms. The van der Waals surface area contributed by atoms with Gasteiger partial charge < -0.3 is 0 Å². The number of pyridine rings is 1. The molecule has 6 aromatic carbocycles. The van der Waals surface area contributed by atoms with Gasteiger partial charge in [-0.3, -0.25) is 9.47 Å². The van der Waals surface area contributed by atoms with Gasteiger partial charge in [0.25, 0.3) is 0 Å². The Balaban J connectivity index is 1.24. The number of rotatable bonds is 2. The lowest BCUT2D eigenvalue weighted by atomic mass is 9.65. The quantitative estimate of drug-likeness (QED) is 0.179. The Morgan fingerprint density at radius 1 is 0.469 bits per heavy atom. The zero-order valence-electron chi connectivity index (χ0n) is 26.2. The molecule has 1 spiro atoms. The van der Waals surface area contributed by atoms with Crippen LogP contribution in [0.25, 0.3) is 48.4 Å². The van der Waals surface area contributed by atoms with E-state index >= 15 is 0 Å². The van der Waals surface area contributed by atoms with E-state index in [1.54, 1.807) is 0 Å². The summed E-state index contributed by atoms with van der Waals surface area (Å²) in [5.74, 6) is 1.56. The average molecular weight is 624 g/mol. The molecule has 0 unspecified atom stereocenters. The van der Waals surface area contributed by atoms with E-state index in [4.69, 9.17) is 18.1 Å². The maximum absolute atomic E-state index is 7.63. The molecule has 0 saturated carbocycles. The predicted octanol–water partition coefficient (Wildman–Crippen LogP) is 11.4. The normalized spacial score (nSPS) is 13.4. The molecule has 0 fully saturated rings. The molecule has 0 N–H and O–H groups in total.